The van der Waals surface area contributed by atoms with Crippen LogP contribution >= 0.6 is 0 Å². The van der Waals surface area contributed by atoms with Crippen LogP contribution in [-0.4, -0.2) is 12.2 Å². The molecule has 0 aromatic rings. The second kappa shape index (κ2) is 1.72. The van der Waals surface area contributed by atoms with E-state index in [2.05, 4.69) is 13.8 Å². The molecule has 1 saturated carbocycles. The van der Waals surface area contributed by atoms with Gasteiger partial charge in [-0.2, -0.15) is 0 Å². The van der Waals surface area contributed by atoms with Crippen molar-refractivity contribution in [3.05, 3.63) is 6.92 Å². The Morgan fingerprint density at radius 3 is 2.89 bits per heavy atom. The Balaban J connectivity index is 2.02. The van der Waals surface area contributed by atoms with Gasteiger partial charge in [-0.1, -0.05) is 6.92 Å². The van der Waals surface area contributed by atoms with Gasteiger partial charge in [0.25, 0.3) is 0 Å². The van der Waals surface area contributed by atoms with Crippen LogP contribution in [0.25, 0.3) is 0 Å². The summed E-state index contributed by atoms with van der Waals surface area (Å²) in [5.41, 5.74) is 0. The summed E-state index contributed by atoms with van der Waals surface area (Å²) in [6.07, 6.45) is 3.73. The molecule has 9 heavy (non-hydrogen) atoms. The lowest BCUT2D eigenvalue weighted by molar-refractivity contribution is 0.300. The predicted octanol–water partition coefficient (Wildman–Crippen LogP) is 1.63. The highest BCUT2D eigenvalue weighted by Crippen LogP contribution is 2.42. The molecule has 0 spiro atoms. The summed E-state index contributed by atoms with van der Waals surface area (Å²) in [6.45, 7) is 6.33. The van der Waals surface area contributed by atoms with Crippen molar-refractivity contribution >= 4 is 0 Å². The maximum Gasteiger partial charge on any atom is 0.0869 e. The minimum absolute atomic E-state index is 0.584. The molecule has 2 fully saturated rings. The molecule has 4 atom stereocenters. The van der Waals surface area contributed by atoms with Crippen molar-refractivity contribution in [3.63, 3.8) is 0 Å². The topological polar surface area (TPSA) is 12.5 Å². The van der Waals surface area contributed by atoms with Crippen LogP contribution < -0.4 is 0 Å². The molecule has 1 heteroatoms. The third-order valence-electron chi connectivity index (χ3n) is 2.71. The molecule has 0 N–H and O–H groups in total. The number of hydrogen-bond donors (Lipinski definition) is 0. The number of fused-ring (bicyclic) bond motifs is 1. The van der Waals surface area contributed by atoms with Crippen LogP contribution in [0, 0.1) is 18.8 Å². The van der Waals surface area contributed by atoms with E-state index >= 15 is 0 Å². The van der Waals surface area contributed by atoms with Crippen LogP contribution in [0.4, 0.5) is 0 Å². The maximum absolute atomic E-state index is 5.42. The zero-order valence-corrected chi connectivity index (χ0v) is 5.84. The molecule has 1 radical (unpaired) electrons. The second-order valence-electron chi connectivity index (χ2n) is 3.34. The molecule has 4 unspecified atom stereocenters. The van der Waals surface area contributed by atoms with Crippen molar-refractivity contribution in [1.29, 1.82) is 0 Å². The van der Waals surface area contributed by atoms with E-state index in [-0.39, 0.29) is 0 Å². The summed E-state index contributed by atoms with van der Waals surface area (Å²) in [5, 5.41) is 0. The number of epoxide rings is 1. The van der Waals surface area contributed by atoms with Crippen molar-refractivity contribution in [2.45, 2.75) is 32.0 Å². The highest BCUT2D eigenvalue weighted by molar-refractivity contribution is 4.96. The quantitative estimate of drug-likeness (QED) is 0.448. The Bertz CT molecular complexity index is 120. The number of ether oxygens (including phenoxy) is 1. The van der Waals surface area contributed by atoms with E-state index in [4.69, 9.17) is 4.74 Å². The van der Waals surface area contributed by atoms with Crippen molar-refractivity contribution in [3.8, 4) is 0 Å². The lowest BCUT2D eigenvalue weighted by Gasteiger charge is -2.20. The first-order valence-corrected chi connectivity index (χ1v) is 3.77. The van der Waals surface area contributed by atoms with Gasteiger partial charge in [-0.15, -0.1) is 0 Å². The first-order chi connectivity index (χ1) is 4.29. The molecule has 0 aromatic heterocycles. The smallest absolute Gasteiger partial charge is 0.0869 e. The van der Waals surface area contributed by atoms with Crippen LogP contribution in [0.2, 0.25) is 0 Å². The standard InChI is InChI=1S/C8H13O/c1-5-3-4-7-8(9-7)6(5)2/h5-8H,1,3-4H2,2H3. The van der Waals surface area contributed by atoms with E-state index in [0.29, 0.717) is 24.0 Å². The summed E-state index contributed by atoms with van der Waals surface area (Å²) in [7, 11) is 0. The average Bonchev–Trinajstić information content (AvgIpc) is 2.58. The Kier molecular flexibility index (Phi) is 1.10. The zero-order chi connectivity index (χ0) is 6.43. The van der Waals surface area contributed by atoms with E-state index in [1.165, 1.54) is 12.8 Å². The summed E-state index contributed by atoms with van der Waals surface area (Å²) < 4.78 is 5.42. The normalized spacial score (nSPS) is 56.7. The van der Waals surface area contributed by atoms with Gasteiger partial charge in [0, 0.05) is 0 Å². The van der Waals surface area contributed by atoms with Crippen LogP contribution in [0.3, 0.4) is 0 Å². The molecule has 0 amide bonds. The Morgan fingerprint density at radius 2 is 2.22 bits per heavy atom. The number of rotatable bonds is 0. The second-order valence-corrected chi connectivity index (χ2v) is 3.34. The van der Waals surface area contributed by atoms with Gasteiger partial charge in [0.1, 0.15) is 0 Å². The van der Waals surface area contributed by atoms with E-state index in [0.717, 1.165) is 0 Å². The lowest BCUT2D eigenvalue weighted by atomic mass is 9.82. The van der Waals surface area contributed by atoms with Crippen LogP contribution in [-0.2, 0) is 4.74 Å². The molecular weight excluding hydrogens is 112 g/mol. The van der Waals surface area contributed by atoms with Gasteiger partial charge in [0.15, 0.2) is 0 Å². The van der Waals surface area contributed by atoms with Gasteiger partial charge in [-0.05, 0) is 31.6 Å². The Hall–Kier alpha value is -0.0400. The molecule has 2 aliphatic rings. The van der Waals surface area contributed by atoms with Crippen molar-refractivity contribution in [2.24, 2.45) is 11.8 Å². The van der Waals surface area contributed by atoms with Crippen LogP contribution in [0.1, 0.15) is 19.8 Å². The molecule has 1 nitrogen and oxygen atoms in total. The van der Waals surface area contributed by atoms with Crippen LogP contribution in [0.5, 0.6) is 0 Å². The fourth-order valence-corrected chi connectivity index (χ4v) is 1.76. The Labute approximate surface area is 56.4 Å². The van der Waals surface area contributed by atoms with Crippen molar-refractivity contribution in [2.75, 3.05) is 0 Å². The largest absolute Gasteiger partial charge is 0.369 e. The van der Waals surface area contributed by atoms with E-state index in [1.807, 2.05) is 0 Å². The fraction of sp³-hybridized carbons (Fsp3) is 0.875. The summed E-state index contributed by atoms with van der Waals surface area (Å²) in [6, 6.07) is 0. The fourth-order valence-electron chi connectivity index (χ4n) is 1.76. The lowest BCUT2D eigenvalue weighted by Crippen LogP contribution is -2.21. The third kappa shape index (κ3) is 0.787. The predicted molar refractivity (Wildman–Crippen MR) is 35.9 cm³/mol. The summed E-state index contributed by atoms with van der Waals surface area (Å²) >= 11 is 0. The van der Waals surface area contributed by atoms with Crippen LogP contribution in [0.15, 0.2) is 0 Å². The van der Waals surface area contributed by atoms with Gasteiger partial charge in [-0.25, -0.2) is 0 Å². The van der Waals surface area contributed by atoms with Gasteiger partial charge >= 0.3 is 0 Å². The van der Waals surface area contributed by atoms with E-state index in [9.17, 15) is 0 Å². The minimum Gasteiger partial charge on any atom is -0.369 e. The minimum atomic E-state index is 0.584. The van der Waals surface area contributed by atoms with Crippen molar-refractivity contribution < 1.29 is 4.74 Å². The zero-order valence-electron chi connectivity index (χ0n) is 5.84. The van der Waals surface area contributed by atoms with Crippen molar-refractivity contribution in [1.82, 2.24) is 0 Å². The Morgan fingerprint density at radius 1 is 1.44 bits per heavy atom. The molecule has 0 bridgehead atoms. The van der Waals surface area contributed by atoms with E-state index < -0.39 is 0 Å². The van der Waals surface area contributed by atoms with Gasteiger partial charge < -0.3 is 4.74 Å². The highest BCUT2D eigenvalue weighted by atomic mass is 16.6. The summed E-state index contributed by atoms with van der Waals surface area (Å²) in [5.74, 6) is 1.36. The van der Waals surface area contributed by atoms with E-state index in [1.54, 1.807) is 0 Å². The molecule has 1 saturated heterocycles. The molecule has 0 aromatic carbocycles. The van der Waals surface area contributed by atoms with Gasteiger partial charge in [0.2, 0.25) is 0 Å². The molecule has 1 heterocycles. The first kappa shape index (κ1) is 5.72. The van der Waals surface area contributed by atoms with Gasteiger partial charge in [-0.3, -0.25) is 0 Å². The molecule has 1 aliphatic heterocycles. The molecule has 1 aliphatic carbocycles. The molecular formula is C8H13O. The maximum atomic E-state index is 5.42. The highest BCUT2D eigenvalue weighted by Gasteiger charge is 2.47. The third-order valence-corrected chi connectivity index (χ3v) is 2.71. The number of hydrogen-bond acceptors (Lipinski definition) is 1. The average molecular weight is 125 g/mol. The molecule has 51 valence electrons. The molecule has 2 rings (SSSR count). The first-order valence-electron chi connectivity index (χ1n) is 3.77. The SMILES string of the molecule is [CH2]C1CCC2OC2C1C. The summed E-state index contributed by atoms with van der Waals surface area (Å²) in [4.78, 5) is 0. The monoisotopic (exact) mass is 125 g/mol. The van der Waals surface area contributed by atoms with Gasteiger partial charge in [0.05, 0.1) is 12.2 Å².